The molecular formula is C10H18N2O4S. The Bertz CT molecular complexity index is 395. The summed E-state index contributed by atoms with van der Waals surface area (Å²) in [5, 5.41) is -0.665. The predicted molar refractivity (Wildman–Crippen MR) is 61.9 cm³/mol. The van der Waals surface area contributed by atoms with Crippen molar-refractivity contribution in [1.29, 1.82) is 0 Å². The summed E-state index contributed by atoms with van der Waals surface area (Å²) in [6, 6.07) is 0. The smallest absolute Gasteiger partial charge is 0.249 e. The van der Waals surface area contributed by atoms with Crippen LogP contribution in [0, 0.1) is 0 Å². The summed E-state index contributed by atoms with van der Waals surface area (Å²) in [4.78, 5) is 13.2. The molecule has 2 aliphatic heterocycles. The molecule has 2 unspecified atom stereocenters. The summed E-state index contributed by atoms with van der Waals surface area (Å²) in [6.07, 6.45) is 1.83. The van der Waals surface area contributed by atoms with Crippen molar-refractivity contribution >= 4 is 15.7 Å². The molecule has 2 rings (SSSR count). The second-order valence-electron chi connectivity index (χ2n) is 4.53. The van der Waals surface area contributed by atoms with Gasteiger partial charge >= 0.3 is 0 Å². The van der Waals surface area contributed by atoms with Crippen LogP contribution in [0.4, 0.5) is 0 Å². The van der Waals surface area contributed by atoms with Gasteiger partial charge in [0, 0.05) is 13.1 Å². The molecule has 17 heavy (non-hydrogen) atoms. The van der Waals surface area contributed by atoms with E-state index in [9.17, 15) is 13.2 Å². The molecule has 6 nitrogen and oxygen atoms in total. The second kappa shape index (κ2) is 4.91. The molecule has 0 bridgehead atoms. The van der Waals surface area contributed by atoms with Crippen LogP contribution < -0.4 is 5.73 Å². The summed E-state index contributed by atoms with van der Waals surface area (Å²) in [5.41, 5.74) is 5.50. The molecule has 2 heterocycles. The molecule has 0 radical (unpaired) electrons. The van der Waals surface area contributed by atoms with Gasteiger partial charge in [-0.15, -0.1) is 0 Å². The van der Waals surface area contributed by atoms with Gasteiger partial charge in [0.25, 0.3) is 0 Å². The topological polar surface area (TPSA) is 89.7 Å². The maximum Gasteiger partial charge on any atom is 0.249 e. The molecule has 0 spiro atoms. The van der Waals surface area contributed by atoms with Gasteiger partial charge in [-0.2, -0.15) is 0 Å². The molecule has 0 aliphatic carbocycles. The van der Waals surface area contributed by atoms with E-state index in [1.54, 1.807) is 0 Å². The number of nitrogens with two attached hydrogens (primary N) is 1. The maximum absolute atomic E-state index is 12.0. The third-order valence-corrected chi connectivity index (χ3v) is 5.50. The van der Waals surface area contributed by atoms with Crippen LogP contribution >= 0.6 is 0 Å². The van der Waals surface area contributed by atoms with E-state index < -0.39 is 15.2 Å². The van der Waals surface area contributed by atoms with E-state index >= 15 is 0 Å². The van der Waals surface area contributed by atoms with Gasteiger partial charge in [0.15, 0.2) is 9.84 Å². The summed E-state index contributed by atoms with van der Waals surface area (Å²) >= 11 is 0. The van der Waals surface area contributed by atoms with E-state index in [1.807, 2.05) is 0 Å². The molecule has 1 amide bonds. The van der Waals surface area contributed by atoms with Crippen molar-refractivity contribution < 1.29 is 17.9 Å². The molecule has 0 aromatic rings. The van der Waals surface area contributed by atoms with Crippen LogP contribution in [0.15, 0.2) is 0 Å². The van der Waals surface area contributed by atoms with E-state index in [-0.39, 0.29) is 24.4 Å². The summed E-state index contributed by atoms with van der Waals surface area (Å²) in [5.74, 6) is -0.0690. The number of sulfone groups is 1. The van der Waals surface area contributed by atoms with Gasteiger partial charge in [-0.05, 0) is 19.3 Å². The van der Waals surface area contributed by atoms with Gasteiger partial charge in [-0.3, -0.25) is 4.79 Å². The van der Waals surface area contributed by atoms with E-state index in [1.165, 1.54) is 4.90 Å². The fourth-order valence-electron chi connectivity index (χ4n) is 2.35. The van der Waals surface area contributed by atoms with E-state index in [4.69, 9.17) is 10.5 Å². The number of hydrogen-bond donors (Lipinski definition) is 1. The molecule has 2 aliphatic rings. The molecule has 0 aromatic carbocycles. The Morgan fingerprint density at radius 1 is 1.41 bits per heavy atom. The molecule has 0 saturated carbocycles. The van der Waals surface area contributed by atoms with Crippen molar-refractivity contribution in [2.45, 2.75) is 30.7 Å². The quantitative estimate of drug-likeness (QED) is 0.696. The first-order valence-corrected chi connectivity index (χ1v) is 7.59. The van der Waals surface area contributed by atoms with Crippen LogP contribution in [-0.2, 0) is 19.4 Å². The third kappa shape index (κ3) is 2.61. The summed E-state index contributed by atoms with van der Waals surface area (Å²) < 4.78 is 29.1. The Balaban J connectivity index is 2.16. The average Bonchev–Trinajstić information content (AvgIpc) is 2.30. The zero-order valence-corrected chi connectivity index (χ0v) is 10.5. The molecule has 98 valence electrons. The van der Waals surface area contributed by atoms with Gasteiger partial charge in [-0.1, -0.05) is 0 Å². The zero-order valence-electron chi connectivity index (χ0n) is 9.67. The van der Waals surface area contributed by atoms with Gasteiger partial charge in [0.2, 0.25) is 5.91 Å². The lowest BCUT2D eigenvalue weighted by Gasteiger charge is -2.38. The first kappa shape index (κ1) is 12.8. The number of rotatable bonds is 2. The molecular weight excluding hydrogens is 244 g/mol. The fourth-order valence-corrected chi connectivity index (χ4v) is 4.35. The van der Waals surface area contributed by atoms with Gasteiger partial charge in [-0.25, -0.2) is 8.42 Å². The van der Waals surface area contributed by atoms with Crippen LogP contribution in [0.1, 0.15) is 19.3 Å². The normalized spacial score (nSPS) is 33.7. The standard InChI is InChI=1S/C10H18N2O4S/c11-5-8-6-12(9(13)7-16-8)10-3-1-2-4-17(10,14)15/h8,10H,1-7,11H2. The lowest BCUT2D eigenvalue weighted by Crippen LogP contribution is -2.56. The lowest BCUT2D eigenvalue weighted by molar-refractivity contribution is -0.149. The number of carbonyl (C=O) groups excluding carboxylic acids is 1. The van der Waals surface area contributed by atoms with Gasteiger partial charge in [0.05, 0.1) is 11.9 Å². The summed E-state index contributed by atoms with van der Waals surface area (Å²) in [7, 11) is -3.18. The minimum absolute atomic E-state index is 0.0616. The SMILES string of the molecule is NCC1CN(C2CCCCS2(=O)=O)C(=O)CO1. The Labute approximate surface area is 101 Å². The first-order valence-electron chi connectivity index (χ1n) is 5.87. The van der Waals surface area contributed by atoms with E-state index in [0.29, 0.717) is 25.9 Å². The lowest BCUT2D eigenvalue weighted by atomic mass is 10.2. The molecule has 2 atom stereocenters. The number of morpholine rings is 1. The van der Waals surface area contributed by atoms with Crippen molar-refractivity contribution in [1.82, 2.24) is 4.90 Å². The largest absolute Gasteiger partial charge is 0.365 e. The highest BCUT2D eigenvalue weighted by Crippen LogP contribution is 2.24. The van der Waals surface area contributed by atoms with Crippen LogP contribution in [0.25, 0.3) is 0 Å². The Morgan fingerprint density at radius 2 is 2.18 bits per heavy atom. The number of ether oxygens (including phenoxy) is 1. The maximum atomic E-state index is 12.0. The molecule has 0 aromatic heterocycles. The molecule has 7 heteroatoms. The highest BCUT2D eigenvalue weighted by molar-refractivity contribution is 7.92. The molecule has 2 saturated heterocycles. The number of hydrogen-bond acceptors (Lipinski definition) is 5. The van der Waals surface area contributed by atoms with Crippen LogP contribution in [0.3, 0.4) is 0 Å². The van der Waals surface area contributed by atoms with Crippen LogP contribution in [0.5, 0.6) is 0 Å². The number of carbonyl (C=O) groups is 1. The monoisotopic (exact) mass is 262 g/mol. The van der Waals surface area contributed by atoms with Crippen molar-refractivity contribution in [3.8, 4) is 0 Å². The minimum atomic E-state index is -3.18. The number of amides is 1. The van der Waals surface area contributed by atoms with Crippen molar-refractivity contribution in [3.63, 3.8) is 0 Å². The van der Waals surface area contributed by atoms with Crippen molar-refractivity contribution in [2.24, 2.45) is 5.73 Å². The van der Waals surface area contributed by atoms with E-state index in [0.717, 1.165) is 6.42 Å². The molecule has 2 fully saturated rings. The summed E-state index contributed by atoms with van der Waals surface area (Å²) in [6.45, 7) is 0.531. The van der Waals surface area contributed by atoms with Gasteiger partial charge < -0.3 is 15.4 Å². The second-order valence-corrected chi connectivity index (χ2v) is 6.81. The van der Waals surface area contributed by atoms with Crippen molar-refractivity contribution in [3.05, 3.63) is 0 Å². The minimum Gasteiger partial charge on any atom is -0.365 e. The van der Waals surface area contributed by atoms with E-state index in [2.05, 4.69) is 0 Å². The van der Waals surface area contributed by atoms with Crippen molar-refractivity contribution in [2.75, 3.05) is 25.4 Å². The van der Waals surface area contributed by atoms with Gasteiger partial charge in [0.1, 0.15) is 12.0 Å². The first-order chi connectivity index (χ1) is 8.04. The van der Waals surface area contributed by atoms with Crippen LogP contribution in [0.2, 0.25) is 0 Å². The third-order valence-electron chi connectivity index (χ3n) is 3.32. The Hall–Kier alpha value is -0.660. The Morgan fingerprint density at radius 3 is 2.82 bits per heavy atom. The number of nitrogens with zero attached hydrogens (tertiary/aromatic N) is 1. The zero-order chi connectivity index (χ0) is 12.5. The van der Waals surface area contributed by atoms with Crippen LogP contribution in [-0.4, -0.2) is 56.2 Å². The highest BCUT2D eigenvalue weighted by atomic mass is 32.2. The fraction of sp³-hybridized carbons (Fsp3) is 0.900. The Kier molecular flexibility index (Phi) is 3.70. The highest BCUT2D eigenvalue weighted by Gasteiger charge is 2.39. The molecule has 2 N–H and O–H groups in total. The average molecular weight is 262 g/mol. The predicted octanol–water partition coefficient (Wildman–Crippen LogP) is -0.903.